The molecule has 15 heavy (non-hydrogen) atoms. The van der Waals surface area contributed by atoms with Crippen LogP contribution in [0.5, 0.6) is 5.75 Å². The molecular weight excluding hydrogens is 252 g/mol. The maximum absolute atomic E-state index is 5.23. The van der Waals surface area contributed by atoms with Gasteiger partial charge < -0.3 is 4.74 Å². The van der Waals surface area contributed by atoms with Gasteiger partial charge in [0.1, 0.15) is 5.75 Å². The highest BCUT2D eigenvalue weighted by molar-refractivity contribution is 9.09. The lowest BCUT2D eigenvalue weighted by atomic mass is 9.93. The molecule has 1 fully saturated rings. The molecule has 0 radical (unpaired) electrons. The Kier molecular flexibility index (Phi) is 3.35. The molecule has 0 heterocycles. The fraction of sp³-hybridized carbons (Fsp3) is 0.538. The normalized spacial score (nSPS) is 25.5. The predicted molar refractivity (Wildman–Crippen MR) is 67.0 cm³/mol. The maximum Gasteiger partial charge on any atom is 0.119 e. The Bertz CT molecular complexity index is 348. The van der Waals surface area contributed by atoms with Gasteiger partial charge in [0.25, 0.3) is 0 Å². The summed E-state index contributed by atoms with van der Waals surface area (Å²) < 4.78 is 5.23. The van der Waals surface area contributed by atoms with Crippen LogP contribution in [0.3, 0.4) is 0 Å². The van der Waals surface area contributed by atoms with Crippen molar-refractivity contribution in [2.24, 2.45) is 0 Å². The monoisotopic (exact) mass is 268 g/mol. The van der Waals surface area contributed by atoms with Crippen molar-refractivity contribution in [2.75, 3.05) is 7.11 Å². The first-order chi connectivity index (χ1) is 7.22. The molecular formula is C13H17BrO. The van der Waals surface area contributed by atoms with Crippen molar-refractivity contribution in [1.29, 1.82) is 0 Å². The summed E-state index contributed by atoms with van der Waals surface area (Å²) >= 11 is 3.78. The molecule has 1 aromatic rings. The lowest BCUT2D eigenvalue weighted by Crippen LogP contribution is -2.06. The molecule has 2 unspecified atom stereocenters. The molecule has 0 aromatic heterocycles. The Morgan fingerprint density at radius 3 is 2.67 bits per heavy atom. The maximum atomic E-state index is 5.23. The van der Waals surface area contributed by atoms with Crippen LogP contribution in [-0.2, 0) is 0 Å². The SMILES string of the molecule is COc1ccc(C2CCCC2Br)c(C)c1. The van der Waals surface area contributed by atoms with E-state index in [1.165, 1.54) is 30.4 Å². The summed E-state index contributed by atoms with van der Waals surface area (Å²) in [5.41, 5.74) is 2.83. The minimum atomic E-state index is 0.657. The van der Waals surface area contributed by atoms with Crippen LogP contribution < -0.4 is 4.74 Å². The molecule has 0 N–H and O–H groups in total. The van der Waals surface area contributed by atoms with Gasteiger partial charge in [-0.15, -0.1) is 0 Å². The average molecular weight is 269 g/mol. The van der Waals surface area contributed by atoms with Crippen molar-refractivity contribution in [3.8, 4) is 5.75 Å². The van der Waals surface area contributed by atoms with Crippen LogP contribution in [0.2, 0.25) is 0 Å². The molecule has 2 rings (SSSR count). The highest BCUT2D eigenvalue weighted by atomic mass is 79.9. The Hall–Kier alpha value is -0.500. The highest BCUT2D eigenvalue weighted by Crippen LogP contribution is 2.40. The van der Waals surface area contributed by atoms with Gasteiger partial charge in [-0.1, -0.05) is 28.4 Å². The molecule has 0 spiro atoms. The van der Waals surface area contributed by atoms with E-state index in [1.807, 2.05) is 0 Å². The van der Waals surface area contributed by atoms with E-state index in [-0.39, 0.29) is 0 Å². The molecule has 82 valence electrons. The van der Waals surface area contributed by atoms with E-state index in [1.54, 1.807) is 7.11 Å². The number of halogens is 1. The summed E-state index contributed by atoms with van der Waals surface area (Å²) in [7, 11) is 1.72. The van der Waals surface area contributed by atoms with Crippen LogP contribution in [0.4, 0.5) is 0 Å². The van der Waals surface area contributed by atoms with Gasteiger partial charge in [0.2, 0.25) is 0 Å². The fourth-order valence-corrected chi connectivity index (χ4v) is 3.33. The zero-order valence-corrected chi connectivity index (χ0v) is 10.9. The van der Waals surface area contributed by atoms with Crippen molar-refractivity contribution >= 4 is 15.9 Å². The second-order valence-corrected chi connectivity index (χ2v) is 5.45. The van der Waals surface area contributed by atoms with Crippen LogP contribution in [0.25, 0.3) is 0 Å². The quantitative estimate of drug-likeness (QED) is 0.736. The lowest BCUT2D eigenvalue weighted by molar-refractivity contribution is 0.414. The zero-order chi connectivity index (χ0) is 10.8. The van der Waals surface area contributed by atoms with E-state index < -0.39 is 0 Å². The summed E-state index contributed by atoms with van der Waals surface area (Å²) in [6, 6.07) is 6.42. The van der Waals surface area contributed by atoms with Gasteiger partial charge in [-0.2, -0.15) is 0 Å². The molecule has 1 aromatic carbocycles. The first kappa shape index (κ1) is 11.0. The second-order valence-electron chi connectivity index (χ2n) is 4.28. The summed E-state index contributed by atoms with van der Waals surface area (Å²) in [6.07, 6.45) is 3.95. The molecule has 1 aliphatic carbocycles. The van der Waals surface area contributed by atoms with Crippen LogP contribution in [0, 0.1) is 6.92 Å². The van der Waals surface area contributed by atoms with Crippen molar-refractivity contribution in [1.82, 2.24) is 0 Å². The Labute approximate surface area is 100.0 Å². The van der Waals surface area contributed by atoms with Crippen LogP contribution in [0.15, 0.2) is 18.2 Å². The minimum Gasteiger partial charge on any atom is -0.497 e. The molecule has 2 heteroatoms. The number of hydrogen-bond acceptors (Lipinski definition) is 1. The topological polar surface area (TPSA) is 9.23 Å². The Balaban J connectivity index is 2.28. The van der Waals surface area contributed by atoms with E-state index in [2.05, 4.69) is 41.1 Å². The number of hydrogen-bond donors (Lipinski definition) is 0. The number of alkyl halides is 1. The largest absolute Gasteiger partial charge is 0.497 e. The molecule has 0 saturated heterocycles. The molecule has 0 bridgehead atoms. The third kappa shape index (κ3) is 2.20. The predicted octanol–water partition coefficient (Wildman–Crippen LogP) is 4.03. The van der Waals surface area contributed by atoms with E-state index in [9.17, 15) is 0 Å². The van der Waals surface area contributed by atoms with E-state index in [0.29, 0.717) is 10.7 Å². The van der Waals surface area contributed by atoms with Gasteiger partial charge in [0.15, 0.2) is 0 Å². The third-order valence-corrected chi connectivity index (χ3v) is 4.40. The van der Waals surface area contributed by atoms with Gasteiger partial charge in [-0.25, -0.2) is 0 Å². The Morgan fingerprint density at radius 1 is 1.33 bits per heavy atom. The van der Waals surface area contributed by atoms with Crippen molar-refractivity contribution in [2.45, 2.75) is 36.9 Å². The second kappa shape index (κ2) is 4.56. The van der Waals surface area contributed by atoms with E-state index in [4.69, 9.17) is 4.74 Å². The minimum absolute atomic E-state index is 0.657. The number of benzene rings is 1. The van der Waals surface area contributed by atoms with E-state index >= 15 is 0 Å². The molecule has 1 nitrogen and oxygen atoms in total. The number of aryl methyl sites for hydroxylation is 1. The van der Waals surface area contributed by atoms with Crippen molar-refractivity contribution < 1.29 is 4.74 Å². The first-order valence-corrected chi connectivity index (χ1v) is 6.42. The van der Waals surface area contributed by atoms with Crippen LogP contribution in [0.1, 0.15) is 36.3 Å². The van der Waals surface area contributed by atoms with Crippen molar-refractivity contribution in [3.05, 3.63) is 29.3 Å². The first-order valence-electron chi connectivity index (χ1n) is 5.51. The highest BCUT2D eigenvalue weighted by Gasteiger charge is 2.27. The molecule has 0 amide bonds. The van der Waals surface area contributed by atoms with Gasteiger partial charge in [0, 0.05) is 4.83 Å². The van der Waals surface area contributed by atoms with Crippen molar-refractivity contribution in [3.63, 3.8) is 0 Å². The van der Waals surface area contributed by atoms with Gasteiger partial charge in [-0.05, 0) is 48.9 Å². The summed E-state index contributed by atoms with van der Waals surface area (Å²) in [5.74, 6) is 1.65. The van der Waals surface area contributed by atoms with Gasteiger partial charge >= 0.3 is 0 Å². The molecule has 0 aliphatic heterocycles. The summed E-state index contributed by atoms with van der Waals surface area (Å²) in [4.78, 5) is 0.657. The molecule has 2 atom stereocenters. The summed E-state index contributed by atoms with van der Waals surface area (Å²) in [6.45, 7) is 2.18. The number of methoxy groups -OCH3 is 1. The fourth-order valence-electron chi connectivity index (χ4n) is 2.46. The number of rotatable bonds is 2. The average Bonchev–Trinajstić information content (AvgIpc) is 2.64. The third-order valence-electron chi connectivity index (χ3n) is 3.31. The molecule has 1 saturated carbocycles. The smallest absolute Gasteiger partial charge is 0.119 e. The standard InChI is InChI=1S/C13H17BrO/c1-9-8-10(15-2)6-7-11(9)12-4-3-5-13(12)14/h6-8,12-13H,3-5H2,1-2H3. The molecule has 1 aliphatic rings. The summed E-state index contributed by atoms with van der Waals surface area (Å²) in [5, 5.41) is 0. The van der Waals surface area contributed by atoms with Gasteiger partial charge in [-0.3, -0.25) is 0 Å². The zero-order valence-electron chi connectivity index (χ0n) is 9.29. The number of ether oxygens (including phenoxy) is 1. The van der Waals surface area contributed by atoms with Crippen LogP contribution in [-0.4, -0.2) is 11.9 Å². The van der Waals surface area contributed by atoms with E-state index in [0.717, 1.165) is 5.75 Å². The van der Waals surface area contributed by atoms with Gasteiger partial charge in [0.05, 0.1) is 7.11 Å². The van der Waals surface area contributed by atoms with Crippen LogP contribution >= 0.6 is 15.9 Å². The lowest BCUT2D eigenvalue weighted by Gasteiger charge is -2.17. The Morgan fingerprint density at radius 2 is 2.13 bits per heavy atom.